The molecule has 1 aliphatic rings. The van der Waals surface area contributed by atoms with Crippen LogP contribution in [-0.4, -0.2) is 34.2 Å². The van der Waals surface area contributed by atoms with Crippen LogP contribution < -0.4 is 0 Å². The SMILES string of the molecule is Cc1ccn(CCCCN2CCC(O)(c3c(C)c(C)c(C)c(C)c3C)CC2)c1. The number of hydrogen-bond donors (Lipinski definition) is 1. The molecular formula is C25H38N2O. The van der Waals surface area contributed by atoms with Gasteiger partial charge in [0.05, 0.1) is 5.60 Å². The topological polar surface area (TPSA) is 28.4 Å². The Labute approximate surface area is 171 Å². The van der Waals surface area contributed by atoms with Crippen LogP contribution in [0, 0.1) is 41.5 Å². The van der Waals surface area contributed by atoms with Gasteiger partial charge >= 0.3 is 0 Å². The van der Waals surface area contributed by atoms with Crippen LogP contribution in [0.15, 0.2) is 18.5 Å². The van der Waals surface area contributed by atoms with Crippen molar-refractivity contribution in [2.24, 2.45) is 0 Å². The van der Waals surface area contributed by atoms with E-state index in [0.29, 0.717) is 0 Å². The normalized spacial score (nSPS) is 17.2. The second kappa shape index (κ2) is 8.42. The maximum absolute atomic E-state index is 11.6. The molecule has 1 N–H and O–H groups in total. The number of likely N-dealkylation sites (tertiary alicyclic amines) is 1. The molecule has 0 atom stereocenters. The number of piperidine rings is 1. The molecule has 1 aromatic heterocycles. The van der Waals surface area contributed by atoms with Crippen molar-refractivity contribution in [1.29, 1.82) is 0 Å². The molecule has 1 aliphatic heterocycles. The molecule has 0 radical (unpaired) electrons. The highest BCUT2D eigenvalue weighted by atomic mass is 16.3. The lowest BCUT2D eigenvalue weighted by Crippen LogP contribution is -2.43. The minimum atomic E-state index is -0.670. The summed E-state index contributed by atoms with van der Waals surface area (Å²) in [5.74, 6) is 0. The fraction of sp³-hybridized carbons (Fsp3) is 0.600. The number of benzene rings is 1. The lowest BCUT2D eigenvalue weighted by atomic mass is 9.76. The zero-order chi connectivity index (χ0) is 20.5. The maximum atomic E-state index is 11.6. The van der Waals surface area contributed by atoms with Crippen molar-refractivity contribution in [3.05, 3.63) is 57.4 Å². The molecule has 0 aliphatic carbocycles. The Hall–Kier alpha value is -1.58. The molecule has 0 bridgehead atoms. The molecule has 0 spiro atoms. The molecule has 3 heteroatoms. The predicted octanol–water partition coefficient (Wildman–Crippen LogP) is 5.10. The molecule has 0 amide bonds. The Morgan fingerprint density at radius 3 is 1.89 bits per heavy atom. The van der Waals surface area contributed by atoms with Crippen LogP contribution >= 0.6 is 0 Å². The molecule has 3 nitrogen and oxygen atoms in total. The van der Waals surface area contributed by atoms with Crippen LogP contribution in [0.1, 0.15) is 64.6 Å². The Morgan fingerprint density at radius 1 is 0.821 bits per heavy atom. The third-order valence-corrected chi connectivity index (χ3v) is 7.19. The van der Waals surface area contributed by atoms with Crippen molar-refractivity contribution in [3.8, 4) is 0 Å². The summed E-state index contributed by atoms with van der Waals surface area (Å²) >= 11 is 0. The summed E-state index contributed by atoms with van der Waals surface area (Å²) in [6, 6.07) is 2.17. The maximum Gasteiger partial charge on any atom is 0.0926 e. The first-order valence-electron chi connectivity index (χ1n) is 10.9. The average molecular weight is 383 g/mol. The monoisotopic (exact) mass is 382 g/mol. The van der Waals surface area contributed by atoms with E-state index in [1.165, 1.54) is 51.8 Å². The van der Waals surface area contributed by atoms with Gasteiger partial charge in [-0.3, -0.25) is 0 Å². The highest BCUT2D eigenvalue weighted by Crippen LogP contribution is 2.40. The van der Waals surface area contributed by atoms with E-state index in [0.717, 1.165) is 39.0 Å². The van der Waals surface area contributed by atoms with Crippen LogP contribution in [0.2, 0.25) is 0 Å². The Bertz CT molecular complexity index is 796. The number of aromatic nitrogens is 1. The second-order valence-electron chi connectivity index (χ2n) is 9.01. The molecule has 3 rings (SSSR count). The average Bonchev–Trinajstić information content (AvgIpc) is 3.09. The van der Waals surface area contributed by atoms with Gasteiger partial charge in [0.1, 0.15) is 0 Å². The number of aliphatic hydroxyl groups is 1. The van der Waals surface area contributed by atoms with Crippen LogP contribution in [0.25, 0.3) is 0 Å². The largest absolute Gasteiger partial charge is 0.385 e. The standard InChI is InChI=1S/C25H38N2O/c1-18-9-14-27(17-18)13-8-7-12-26-15-10-25(28,11-16-26)24-22(5)20(3)19(2)21(4)23(24)6/h9,14,17,28H,7-8,10-13,15-16H2,1-6H3. The van der Waals surface area contributed by atoms with E-state index in [4.69, 9.17) is 0 Å². The lowest BCUT2D eigenvalue weighted by Gasteiger charge is -2.41. The van der Waals surface area contributed by atoms with Crippen LogP contribution in [-0.2, 0) is 12.1 Å². The zero-order valence-corrected chi connectivity index (χ0v) is 18.7. The van der Waals surface area contributed by atoms with Gasteiger partial charge in [0.25, 0.3) is 0 Å². The van der Waals surface area contributed by atoms with E-state index >= 15 is 0 Å². The van der Waals surface area contributed by atoms with Crippen molar-refractivity contribution in [2.45, 2.75) is 79.4 Å². The summed E-state index contributed by atoms with van der Waals surface area (Å²) in [5, 5.41) is 11.6. The molecule has 1 saturated heterocycles. The smallest absolute Gasteiger partial charge is 0.0926 e. The van der Waals surface area contributed by atoms with Crippen LogP contribution in [0.4, 0.5) is 0 Å². The summed E-state index contributed by atoms with van der Waals surface area (Å²) in [6.45, 7) is 17.4. The van der Waals surface area contributed by atoms with Crippen molar-refractivity contribution < 1.29 is 5.11 Å². The number of hydrogen-bond acceptors (Lipinski definition) is 2. The van der Waals surface area contributed by atoms with E-state index < -0.39 is 5.60 Å². The Kier molecular flexibility index (Phi) is 6.36. The number of nitrogens with zero attached hydrogens (tertiary/aromatic N) is 2. The predicted molar refractivity (Wildman–Crippen MR) is 118 cm³/mol. The van der Waals surface area contributed by atoms with E-state index in [1.807, 2.05) is 0 Å². The highest BCUT2D eigenvalue weighted by Gasteiger charge is 2.37. The quantitative estimate of drug-likeness (QED) is 0.704. The van der Waals surface area contributed by atoms with Gasteiger partial charge in [-0.25, -0.2) is 0 Å². The van der Waals surface area contributed by atoms with E-state index in [1.54, 1.807) is 0 Å². The molecule has 2 aromatic rings. The Morgan fingerprint density at radius 2 is 1.36 bits per heavy atom. The van der Waals surface area contributed by atoms with Crippen LogP contribution in [0.5, 0.6) is 0 Å². The van der Waals surface area contributed by atoms with Crippen molar-refractivity contribution in [2.75, 3.05) is 19.6 Å². The third kappa shape index (κ3) is 4.21. The van der Waals surface area contributed by atoms with Crippen molar-refractivity contribution in [1.82, 2.24) is 9.47 Å². The minimum Gasteiger partial charge on any atom is -0.385 e. The highest BCUT2D eigenvalue weighted by molar-refractivity contribution is 5.51. The summed E-state index contributed by atoms with van der Waals surface area (Å²) in [5.41, 5.74) is 8.51. The van der Waals surface area contributed by atoms with Gasteiger partial charge in [0, 0.05) is 32.0 Å². The van der Waals surface area contributed by atoms with Gasteiger partial charge in [-0.1, -0.05) is 0 Å². The van der Waals surface area contributed by atoms with E-state index in [2.05, 4.69) is 69.5 Å². The van der Waals surface area contributed by atoms with Gasteiger partial charge in [-0.15, -0.1) is 0 Å². The molecule has 28 heavy (non-hydrogen) atoms. The first kappa shape index (κ1) is 21.1. The fourth-order valence-corrected chi connectivity index (χ4v) is 4.92. The summed E-state index contributed by atoms with van der Waals surface area (Å²) in [6.07, 6.45) is 8.50. The molecule has 1 aromatic carbocycles. The first-order valence-corrected chi connectivity index (χ1v) is 10.9. The fourth-order valence-electron chi connectivity index (χ4n) is 4.92. The minimum absolute atomic E-state index is 0.670. The number of aryl methyl sites for hydroxylation is 2. The third-order valence-electron chi connectivity index (χ3n) is 7.19. The number of rotatable bonds is 6. The van der Waals surface area contributed by atoms with Gasteiger partial charge in [0.15, 0.2) is 0 Å². The second-order valence-corrected chi connectivity index (χ2v) is 9.01. The van der Waals surface area contributed by atoms with Gasteiger partial charge in [0.2, 0.25) is 0 Å². The van der Waals surface area contributed by atoms with E-state index in [9.17, 15) is 5.11 Å². The van der Waals surface area contributed by atoms with Crippen molar-refractivity contribution in [3.63, 3.8) is 0 Å². The summed E-state index contributed by atoms with van der Waals surface area (Å²) in [4.78, 5) is 2.54. The Balaban J connectivity index is 1.57. The van der Waals surface area contributed by atoms with Crippen LogP contribution in [0.3, 0.4) is 0 Å². The first-order chi connectivity index (χ1) is 13.2. The van der Waals surface area contributed by atoms with Gasteiger partial charge in [-0.2, -0.15) is 0 Å². The number of unbranched alkanes of at least 4 members (excludes halogenated alkanes) is 1. The van der Waals surface area contributed by atoms with Gasteiger partial charge < -0.3 is 14.6 Å². The van der Waals surface area contributed by atoms with Crippen molar-refractivity contribution >= 4 is 0 Å². The molecular weight excluding hydrogens is 344 g/mol. The molecule has 0 saturated carbocycles. The molecule has 2 heterocycles. The molecule has 0 unspecified atom stereocenters. The van der Waals surface area contributed by atoms with Gasteiger partial charge in [-0.05, 0) is 119 Å². The lowest BCUT2D eigenvalue weighted by molar-refractivity contribution is -0.0271. The zero-order valence-electron chi connectivity index (χ0n) is 18.7. The molecule has 1 fully saturated rings. The summed E-state index contributed by atoms with van der Waals surface area (Å²) in [7, 11) is 0. The van der Waals surface area contributed by atoms with E-state index in [-0.39, 0.29) is 0 Å². The summed E-state index contributed by atoms with van der Waals surface area (Å²) < 4.78 is 2.29. The molecule has 154 valence electrons.